The fourth-order valence-electron chi connectivity index (χ4n) is 2.90. The van der Waals surface area contributed by atoms with E-state index in [4.69, 9.17) is 0 Å². The van der Waals surface area contributed by atoms with Gasteiger partial charge >= 0.3 is 0 Å². The molecule has 0 amide bonds. The van der Waals surface area contributed by atoms with Gasteiger partial charge in [-0.05, 0) is 40.0 Å². The van der Waals surface area contributed by atoms with E-state index in [-0.39, 0.29) is 5.43 Å². The van der Waals surface area contributed by atoms with E-state index in [2.05, 4.69) is 22.5 Å². The van der Waals surface area contributed by atoms with E-state index in [0.29, 0.717) is 24.0 Å². The van der Waals surface area contributed by atoms with E-state index in [1.165, 1.54) is 6.42 Å². The van der Waals surface area contributed by atoms with Crippen LogP contribution in [0.5, 0.6) is 0 Å². The molecule has 0 bridgehead atoms. The van der Waals surface area contributed by atoms with Crippen LogP contribution < -0.4 is 21.5 Å². The third-order valence-electron chi connectivity index (χ3n) is 4.19. The van der Waals surface area contributed by atoms with E-state index in [1.54, 1.807) is 0 Å². The van der Waals surface area contributed by atoms with Crippen LogP contribution in [0.2, 0.25) is 0 Å². The van der Waals surface area contributed by atoms with Gasteiger partial charge in [-0.3, -0.25) is 14.5 Å². The number of nitrogens with one attached hydrogen (secondary N) is 2. The molecule has 0 aromatic heterocycles. The van der Waals surface area contributed by atoms with Gasteiger partial charge < -0.3 is 15.5 Å². The predicted octanol–water partition coefficient (Wildman–Crippen LogP) is 0.152. The molecule has 6 heteroatoms. The van der Waals surface area contributed by atoms with Crippen molar-refractivity contribution in [2.75, 3.05) is 57.5 Å². The Kier molecular flexibility index (Phi) is 5.36. The van der Waals surface area contributed by atoms with Crippen molar-refractivity contribution in [3.8, 4) is 0 Å². The molecule has 0 radical (unpaired) electrons. The number of hydrogen-bond acceptors (Lipinski definition) is 6. The van der Waals surface area contributed by atoms with Gasteiger partial charge in [0.05, 0.1) is 0 Å². The summed E-state index contributed by atoms with van der Waals surface area (Å²) in [5.74, 6) is 0. The summed E-state index contributed by atoms with van der Waals surface area (Å²) < 4.78 is 0. The fourth-order valence-corrected chi connectivity index (χ4v) is 2.90. The lowest BCUT2D eigenvalue weighted by molar-refractivity contribution is 0.277. The first-order valence-corrected chi connectivity index (χ1v) is 7.74. The normalized spacial score (nSPS) is 19.5. The monoisotopic (exact) mass is 294 g/mol. The second kappa shape index (κ2) is 7.04. The first-order chi connectivity index (χ1) is 10.0. The Labute approximate surface area is 125 Å². The molecule has 2 N–H and O–H groups in total. The van der Waals surface area contributed by atoms with Crippen LogP contribution in [0, 0.1) is 0 Å². The zero-order chi connectivity index (χ0) is 15.4. The first-order valence-electron chi connectivity index (χ1n) is 7.74. The molecule has 2 rings (SSSR count). The number of rotatable bonds is 8. The number of likely N-dealkylation sites (tertiary alicyclic amines) is 1. The van der Waals surface area contributed by atoms with Gasteiger partial charge in [-0.1, -0.05) is 6.92 Å². The predicted molar refractivity (Wildman–Crippen MR) is 87.2 cm³/mol. The van der Waals surface area contributed by atoms with Gasteiger partial charge in [0.15, 0.2) is 0 Å². The van der Waals surface area contributed by atoms with Gasteiger partial charge in [0.2, 0.25) is 0 Å². The minimum absolute atomic E-state index is 0.386. The van der Waals surface area contributed by atoms with Crippen LogP contribution in [-0.2, 0) is 0 Å². The second-order valence-corrected chi connectivity index (χ2v) is 5.94. The molecule has 1 saturated heterocycles. The Morgan fingerprint density at radius 2 is 1.86 bits per heavy atom. The molecule has 0 aliphatic carbocycles. The van der Waals surface area contributed by atoms with E-state index >= 15 is 0 Å². The number of nitrogens with zero attached hydrogens (tertiary/aromatic N) is 2. The molecule has 1 aliphatic rings. The maximum Gasteiger partial charge on any atom is 0.253 e. The summed E-state index contributed by atoms with van der Waals surface area (Å²) in [6.45, 7) is 6.54. The Hall–Kier alpha value is -1.40. The van der Waals surface area contributed by atoms with Gasteiger partial charge in [0, 0.05) is 25.7 Å². The highest BCUT2D eigenvalue weighted by Crippen LogP contribution is 2.19. The smallest absolute Gasteiger partial charge is 0.253 e. The Morgan fingerprint density at radius 1 is 1.19 bits per heavy atom. The van der Waals surface area contributed by atoms with Gasteiger partial charge in [0.1, 0.15) is 11.4 Å². The van der Waals surface area contributed by atoms with Crippen molar-refractivity contribution in [2.24, 2.45) is 0 Å². The van der Waals surface area contributed by atoms with Crippen molar-refractivity contribution in [1.82, 2.24) is 9.80 Å². The zero-order valence-corrected chi connectivity index (χ0v) is 13.2. The summed E-state index contributed by atoms with van der Waals surface area (Å²) in [5.41, 5.74) is 0.156. The van der Waals surface area contributed by atoms with E-state index in [1.807, 2.05) is 19.0 Å². The standard InChI is InChI=1S/C15H26N4O2/c1-4-19-8-5-6-11(19)10-17-13-12(14(20)15(13)21)16-7-9-18(2)3/h11,16-17H,4-10H2,1-3H3. The molecule has 6 nitrogen and oxygen atoms in total. The number of anilines is 2. The average Bonchev–Trinajstić information content (AvgIpc) is 2.92. The van der Waals surface area contributed by atoms with Crippen LogP contribution in [0.15, 0.2) is 9.59 Å². The SMILES string of the molecule is CCN1CCCC1CNc1c(NCCN(C)C)c(=O)c1=O. The summed E-state index contributed by atoms with van der Waals surface area (Å²) in [6.07, 6.45) is 2.36. The molecule has 1 atom stereocenters. The summed E-state index contributed by atoms with van der Waals surface area (Å²) in [5, 5.41) is 6.26. The van der Waals surface area contributed by atoms with E-state index < -0.39 is 5.43 Å². The van der Waals surface area contributed by atoms with Gasteiger partial charge in [-0.2, -0.15) is 0 Å². The van der Waals surface area contributed by atoms with Gasteiger partial charge in [0.25, 0.3) is 10.9 Å². The minimum Gasteiger partial charge on any atom is -0.379 e. The second-order valence-electron chi connectivity index (χ2n) is 5.94. The lowest BCUT2D eigenvalue weighted by Crippen LogP contribution is -2.41. The largest absolute Gasteiger partial charge is 0.379 e. The van der Waals surface area contributed by atoms with Gasteiger partial charge in [-0.15, -0.1) is 0 Å². The van der Waals surface area contributed by atoms with E-state index in [0.717, 1.165) is 32.6 Å². The molecule has 118 valence electrons. The molecule has 1 heterocycles. The van der Waals surface area contributed by atoms with Crippen LogP contribution in [0.4, 0.5) is 11.4 Å². The van der Waals surface area contributed by atoms with Crippen LogP contribution in [-0.4, -0.2) is 62.7 Å². The molecular formula is C15H26N4O2. The molecule has 0 spiro atoms. The third-order valence-corrected chi connectivity index (χ3v) is 4.19. The highest BCUT2D eigenvalue weighted by Gasteiger charge is 2.25. The fraction of sp³-hybridized carbons (Fsp3) is 0.733. The van der Waals surface area contributed by atoms with Crippen molar-refractivity contribution >= 4 is 11.4 Å². The summed E-state index contributed by atoms with van der Waals surface area (Å²) in [4.78, 5) is 27.8. The summed E-state index contributed by atoms with van der Waals surface area (Å²) in [7, 11) is 3.95. The Balaban J connectivity index is 1.90. The molecule has 0 saturated carbocycles. The van der Waals surface area contributed by atoms with Crippen molar-refractivity contribution < 1.29 is 0 Å². The van der Waals surface area contributed by atoms with Gasteiger partial charge in [-0.25, -0.2) is 0 Å². The highest BCUT2D eigenvalue weighted by molar-refractivity contribution is 5.73. The zero-order valence-electron chi connectivity index (χ0n) is 13.2. The molecule has 21 heavy (non-hydrogen) atoms. The van der Waals surface area contributed by atoms with E-state index in [9.17, 15) is 9.59 Å². The van der Waals surface area contributed by atoms with Crippen LogP contribution >= 0.6 is 0 Å². The lowest BCUT2D eigenvalue weighted by atomic mass is 10.1. The first kappa shape index (κ1) is 16.0. The average molecular weight is 294 g/mol. The van der Waals surface area contributed by atoms with Crippen LogP contribution in [0.25, 0.3) is 0 Å². The maximum absolute atomic E-state index is 11.7. The Bertz CT molecular complexity index is 534. The van der Waals surface area contributed by atoms with Crippen LogP contribution in [0.1, 0.15) is 19.8 Å². The number of likely N-dealkylation sites (N-methyl/N-ethyl adjacent to an activating group) is 2. The summed E-state index contributed by atoms with van der Waals surface area (Å²) in [6, 6.07) is 0.467. The lowest BCUT2D eigenvalue weighted by Gasteiger charge is -2.24. The highest BCUT2D eigenvalue weighted by atomic mass is 16.2. The Morgan fingerprint density at radius 3 is 2.48 bits per heavy atom. The third kappa shape index (κ3) is 3.63. The molecular weight excluding hydrogens is 268 g/mol. The van der Waals surface area contributed by atoms with Crippen molar-refractivity contribution in [3.63, 3.8) is 0 Å². The quantitative estimate of drug-likeness (QED) is 0.666. The topological polar surface area (TPSA) is 64.7 Å². The van der Waals surface area contributed by atoms with Crippen LogP contribution in [0.3, 0.4) is 0 Å². The van der Waals surface area contributed by atoms with Crippen molar-refractivity contribution in [2.45, 2.75) is 25.8 Å². The number of hydrogen-bond donors (Lipinski definition) is 2. The van der Waals surface area contributed by atoms with Crippen molar-refractivity contribution in [1.29, 1.82) is 0 Å². The maximum atomic E-state index is 11.7. The summed E-state index contributed by atoms with van der Waals surface area (Å²) >= 11 is 0. The van der Waals surface area contributed by atoms with Crippen molar-refractivity contribution in [3.05, 3.63) is 20.4 Å². The minimum atomic E-state index is -0.393. The molecule has 1 aromatic rings. The molecule has 1 unspecified atom stereocenters. The molecule has 1 aliphatic heterocycles. The molecule has 1 fully saturated rings. The molecule has 1 aromatic carbocycles.